The van der Waals surface area contributed by atoms with Crippen LogP contribution in [0.1, 0.15) is 31.4 Å². The summed E-state index contributed by atoms with van der Waals surface area (Å²) in [4.78, 5) is 7.36. The molecule has 134 valence electrons. The van der Waals surface area contributed by atoms with Crippen molar-refractivity contribution in [3.63, 3.8) is 0 Å². The molecule has 2 aromatic rings. The van der Waals surface area contributed by atoms with E-state index in [-0.39, 0.29) is 6.04 Å². The number of fused-ring (bicyclic) bond motifs is 1. The molecule has 8 heteroatoms. The number of halogens is 2. The zero-order chi connectivity index (χ0) is 17.6. The maximum absolute atomic E-state index is 6.56. The Kier molecular flexibility index (Phi) is 4.66. The summed E-state index contributed by atoms with van der Waals surface area (Å²) in [5.41, 5.74) is 2.10. The minimum Gasteiger partial charge on any atom is -0.357 e. The molecule has 1 fully saturated rings. The first-order chi connectivity index (χ1) is 12.1. The Hall–Kier alpha value is -1.28. The fourth-order valence-corrected chi connectivity index (χ4v) is 4.36. The zero-order valence-electron chi connectivity index (χ0n) is 14.1. The number of piperidine rings is 1. The van der Waals surface area contributed by atoms with Gasteiger partial charge in [-0.15, -0.1) is 0 Å². The number of nitrogens with two attached hydrogens (primary N) is 1. The van der Waals surface area contributed by atoms with Crippen LogP contribution in [0.15, 0.2) is 30.9 Å². The molecule has 0 radical (unpaired) electrons. The number of nitrogens with zero attached hydrogens (tertiary/aromatic N) is 5. The number of imidazole rings is 1. The van der Waals surface area contributed by atoms with Crippen molar-refractivity contribution < 1.29 is 0 Å². The number of rotatable bonds is 3. The average Bonchev–Trinajstić information content (AvgIpc) is 3.24. The second-order valence-electron chi connectivity index (χ2n) is 6.64. The molecule has 2 aliphatic rings. The van der Waals surface area contributed by atoms with Crippen LogP contribution in [-0.4, -0.2) is 44.0 Å². The Balaban J connectivity index is 1.82. The van der Waals surface area contributed by atoms with Crippen LogP contribution < -0.4 is 10.7 Å². The van der Waals surface area contributed by atoms with E-state index >= 15 is 0 Å². The molecule has 4 heterocycles. The minimum absolute atomic E-state index is 0.0738. The molecule has 4 rings (SSSR count). The molecule has 0 saturated carbocycles. The number of alkyl halides is 1. The Morgan fingerprint density at radius 2 is 2.12 bits per heavy atom. The van der Waals surface area contributed by atoms with Gasteiger partial charge in [0.2, 0.25) is 0 Å². The summed E-state index contributed by atoms with van der Waals surface area (Å²) in [5, 5.41) is 4.49. The summed E-state index contributed by atoms with van der Waals surface area (Å²) in [6, 6.07) is 2.14. The van der Waals surface area contributed by atoms with E-state index in [4.69, 9.17) is 17.4 Å². The van der Waals surface area contributed by atoms with Crippen molar-refractivity contribution in [2.45, 2.75) is 30.6 Å². The predicted octanol–water partition coefficient (Wildman–Crippen LogP) is 3.33. The van der Waals surface area contributed by atoms with Gasteiger partial charge in [-0.3, -0.25) is 15.3 Å². The fourth-order valence-electron chi connectivity index (χ4n) is 3.69. The number of hydrogen-bond donors (Lipinski definition) is 1. The van der Waals surface area contributed by atoms with Gasteiger partial charge >= 0.3 is 0 Å². The molecule has 1 unspecified atom stereocenters. The van der Waals surface area contributed by atoms with Gasteiger partial charge in [-0.1, -0.05) is 27.5 Å². The Morgan fingerprint density at radius 1 is 1.36 bits per heavy atom. The van der Waals surface area contributed by atoms with Crippen LogP contribution >= 0.6 is 27.5 Å². The van der Waals surface area contributed by atoms with Gasteiger partial charge in [-0.2, -0.15) is 5.12 Å². The van der Waals surface area contributed by atoms with Gasteiger partial charge < -0.3 is 4.90 Å². The van der Waals surface area contributed by atoms with Gasteiger partial charge in [-0.25, -0.2) is 4.98 Å². The van der Waals surface area contributed by atoms with Crippen LogP contribution in [0.3, 0.4) is 0 Å². The van der Waals surface area contributed by atoms with Crippen molar-refractivity contribution in [3.05, 3.63) is 41.5 Å². The lowest BCUT2D eigenvalue weighted by Gasteiger charge is -2.37. The normalized spacial score (nSPS) is 20.8. The van der Waals surface area contributed by atoms with Gasteiger partial charge in [0, 0.05) is 29.7 Å². The maximum Gasteiger partial charge on any atom is 0.119 e. The van der Waals surface area contributed by atoms with Gasteiger partial charge in [0.25, 0.3) is 0 Å². The van der Waals surface area contributed by atoms with Crippen molar-refractivity contribution >= 4 is 38.9 Å². The standard InChI is InChI=1S/C17H22BrClN6/c1-12(24-5-2-6-25(24)20)14-9-15(19)16-10-21-11-23(16)17(14)22-7-3-13(18)4-8-22/h2,5,9-13H,3-4,6-8,20H2,1H3. The van der Waals surface area contributed by atoms with E-state index < -0.39 is 0 Å². The van der Waals surface area contributed by atoms with Crippen molar-refractivity contribution in [1.29, 1.82) is 0 Å². The summed E-state index contributed by atoms with van der Waals surface area (Å²) in [6.45, 7) is 4.89. The van der Waals surface area contributed by atoms with E-state index in [1.807, 2.05) is 18.7 Å². The van der Waals surface area contributed by atoms with E-state index in [0.29, 0.717) is 9.85 Å². The smallest absolute Gasteiger partial charge is 0.119 e. The van der Waals surface area contributed by atoms with Crippen LogP contribution in [0.4, 0.5) is 5.82 Å². The average molecular weight is 426 g/mol. The molecular formula is C17H22BrClN6. The molecule has 2 aromatic heterocycles. The lowest BCUT2D eigenvalue weighted by Crippen LogP contribution is -2.43. The highest BCUT2D eigenvalue weighted by molar-refractivity contribution is 9.09. The van der Waals surface area contributed by atoms with E-state index in [9.17, 15) is 0 Å². The topological polar surface area (TPSA) is 53.0 Å². The highest BCUT2D eigenvalue weighted by Gasteiger charge is 2.28. The Morgan fingerprint density at radius 3 is 2.80 bits per heavy atom. The van der Waals surface area contributed by atoms with E-state index in [2.05, 4.69) is 54.3 Å². The zero-order valence-corrected chi connectivity index (χ0v) is 16.5. The molecule has 0 bridgehead atoms. The van der Waals surface area contributed by atoms with Crippen molar-refractivity contribution in [2.75, 3.05) is 24.5 Å². The Bertz CT molecular complexity index is 798. The van der Waals surface area contributed by atoms with E-state index in [0.717, 1.165) is 49.4 Å². The number of hydrogen-bond acceptors (Lipinski definition) is 5. The van der Waals surface area contributed by atoms with Crippen molar-refractivity contribution in [3.8, 4) is 0 Å². The predicted molar refractivity (Wildman–Crippen MR) is 105 cm³/mol. The van der Waals surface area contributed by atoms with Crippen LogP contribution in [0.2, 0.25) is 5.02 Å². The highest BCUT2D eigenvalue weighted by Crippen LogP contribution is 2.37. The van der Waals surface area contributed by atoms with Crippen LogP contribution in [0.5, 0.6) is 0 Å². The molecule has 0 amide bonds. The molecule has 1 atom stereocenters. The van der Waals surface area contributed by atoms with Gasteiger partial charge in [-0.05, 0) is 31.9 Å². The largest absolute Gasteiger partial charge is 0.357 e. The summed E-state index contributed by atoms with van der Waals surface area (Å²) in [6.07, 6.45) is 10.0. The third kappa shape index (κ3) is 3.03. The first-order valence-electron chi connectivity index (χ1n) is 8.57. The number of aromatic nitrogens is 2. The molecular weight excluding hydrogens is 404 g/mol. The molecule has 0 aromatic carbocycles. The molecule has 25 heavy (non-hydrogen) atoms. The van der Waals surface area contributed by atoms with Crippen LogP contribution in [0.25, 0.3) is 5.52 Å². The summed E-state index contributed by atoms with van der Waals surface area (Å²) in [5.74, 6) is 7.28. The third-order valence-electron chi connectivity index (χ3n) is 5.07. The lowest BCUT2D eigenvalue weighted by molar-refractivity contribution is 0.0158. The summed E-state index contributed by atoms with van der Waals surface area (Å²) < 4.78 is 2.11. The van der Waals surface area contributed by atoms with Gasteiger partial charge in [0.1, 0.15) is 12.1 Å². The number of anilines is 1. The monoisotopic (exact) mass is 424 g/mol. The second-order valence-corrected chi connectivity index (χ2v) is 8.35. The SMILES string of the molecule is CC(c1cc(Cl)c2cncn2c1N1CCC(Br)CC1)N1C=CCN1N. The lowest BCUT2D eigenvalue weighted by atomic mass is 10.1. The molecule has 6 nitrogen and oxygen atoms in total. The first kappa shape index (κ1) is 17.1. The maximum atomic E-state index is 6.56. The molecule has 0 aliphatic carbocycles. The van der Waals surface area contributed by atoms with Crippen LogP contribution in [0, 0.1) is 0 Å². The molecule has 2 aliphatic heterocycles. The van der Waals surface area contributed by atoms with Gasteiger partial charge in [0.15, 0.2) is 0 Å². The van der Waals surface area contributed by atoms with Crippen molar-refractivity contribution in [1.82, 2.24) is 19.5 Å². The summed E-state index contributed by atoms with van der Waals surface area (Å²) in [7, 11) is 0. The summed E-state index contributed by atoms with van der Waals surface area (Å²) >= 11 is 10.3. The van der Waals surface area contributed by atoms with E-state index in [1.165, 1.54) is 0 Å². The molecule has 1 saturated heterocycles. The second kappa shape index (κ2) is 6.79. The van der Waals surface area contributed by atoms with E-state index in [1.54, 1.807) is 5.12 Å². The number of pyridine rings is 1. The fraction of sp³-hybridized carbons (Fsp3) is 0.471. The number of hydrazine groups is 2. The highest BCUT2D eigenvalue weighted by atomic mass is 79.9. The van der Waals surface area contributed by atoms with Crippen molar-refractivity contribution in [2.24, 2.45) is 5.84 Å². The molecule has 2 N–H and O–H groups in total. The molecule has 0 spiro atoms. The quantitative estimate of drug-likeness (QED) is 0.604. The van der Waals surface area contributed by atoms with Crippen LogP contribution in [-0.2, 0) is 0 Å². The first-order valence-corrected chi connectivity index (χ1v) is 9.86. The van der Waals surface area contributed by atoms with Gasteiger partial charge in [0.05, 0.1) is 29.3 Å². The minimum atomic E-state index is 0.0738. The third-order valence-corrected chi connectivity index (χ3v) is 6.29. The Labute approximate surface area is 160 Å².